The number of nitrogens with two attached hydrogens (primary N) is 1. The zero-order valence-electron chi connectivity index (χ0n) is 2.75. The Morgan fingerprint density at radius 3 is 2.00 bits per heavy atom. The third-order valence-electron chi connectivity index (χ3n) is 0.101. The molecule has 4 nitrogen and oxygen atoms in total. The molecule has 0 amide bonds. The van der Waals surface area contributed by atoms with Crippen LogP contribution in [-0.2, 0) is 4.84 Å². The first-order valence-corrected chi connectivity index (χ1v) is 0.868. The van der Waals surface area contributed by atoms with Gasteiger partial charge in [0.2, 0.25) is 0 Å². The number of carboxylic acid groups (broad SMARTS) is 1. The average molecular weight is 321 g/mol. The molecule has 3 N–H and O–H groups in total. The van der Waals surface area contributed by atoms with Crippen LogP contribution < -0.4 is 5.90 Å². The summed E-state index contributed by atoms with van der Waals surface area (Å²) >= 11 is 0. The number of hydrogen-bond acceptors (Lipinski definition) is 3. The molecule has 0 aliphatic heterocycles. The van der Waals surface area contributed by atoms with Crippen molar-refractivity contribution in [3.05, 3.63) is 0 Å². The normalized spacial score (nSPS) is 5.50. The minimum absolute atomic E-state index is 0. The van der Waals surface area contributed by atoms with E-state index in [0.717, 1.165) is 0 Å². The average Bonchev–Trinajstić information content (AvgIpc) is 1.38. The van der Waals surface area contributed by atoms with Gasteiger partial charge in [-0.1, -0.05) is 0 Å². The van der Waals surface area contributed by atoms with Crippen LogP contribution in [0.3, 0.4) is 0 Å². The van der Waals surface area contributed by atoms with Crippen LogP contribution in [0.2, 0.25) is 0 Å². The summed E-state index contributed by atoms with van der Waals surface area (Å²) < 4.78 is 0. The Hall–Kier alpha value is 0.217. The van der Waals surface area contributed by atoms with Crippen LogP contribution >= 0.6 is 0 Å². The van der Waals surface area contributed by atoms with Gasteiger partial charge in [0.05, 0.1) is 0 Å². The van der Waals surface area contributed by atoms with Crippen LogP contribution in [0, 0.1) is 29.2 Å². The van der Waals surface area contributed by atoms with Crippen molar-refractivity contribution in [3.8, 4) is 0 Å². The Balaban J connectivity index is 0. The number of hydrogen-bond donors (Lipinski definition) is 2. The molecule has 0 saturated heterocycles. The van der Waals surface area contributed by atoms with Gasteiger partial charge in [0, 0.05) is 29.2 Å². The van der Waals surface area contributed by atoms with Gasteiger partial charge in [0.15, 0.2) is 0 Å². The Labute approximate surface area is 56.2 Å². The van der Waals surface area contributed by atoms with Crippen molar-refractivity contribution < 1.29 is 43.9 Å². The molecule has 0 aromatic rings. The fraction of sp³-hybridized carbons (Fsp3) is 0. The molecule has 0 aromatic heterocycles. The maximum absolute atomic E-state index is 9.02. The van der Waals surface area contributed by atoms with Crippen molar-refractivity contribution in [2.24, 2.45) is 5.90 Å². The molecular weight excluding hydrogens is 318 g/mol. The van der Waals surface area contributed by atoms with Gasteiger partial charge < -0.3 is 9.94 Å². The van der Waals surface area contributed by atoms with E-state index >= 15 is 0 Å². The topological polar surface area (TPSA) is 72.5 Å². The van der Waals surface area contributed by atoms with Gasteiger partial charge in [0.1, 0.15) is 0 Å². The molecule has 6 heavy (non-hydrogen) atoms. The van der Waals surface area contributed by atoms with E-state index in [1.54, 1.807) is 0 Å². The van der Waals surface area contributed by atoms with E-state index in [-0.39, 0.29) is 29.2 Å². The molecule has 0 radical (unpaired) electrons. The smallest absolute Gasteiger partial charge is 0.448 e. The van der Waals surface area contributed by atoms with Crippen molar-refractivity contribution in [1.29, 1.82) is 0 Å². The molecule has 0 bridgehead atoms. The van der Waals surface area contributed by atoms with Crippen LogP contribution in [0.5, 0.6) is 0 Å². The van der Waals surface area contributed by atoms with Crippen molar-refractivity contribution in [1.82, 2.24) is 0 Å². The van der Waals surface area contributed by atoms with Crippen molar-refractivity contribution >= 4 is 6.16 Å². The second-order valence-corrected chi connectivity index (χ2v) is 0.384. The third kappa shape index (κ3) is 8.88. The van der Waals surface area contributed by atoms with E-state index in [1.165, 1.54) is 0 Å². The molecule has 0 atom stereocenters. The minimum Gasteiger partial charge on any atom is -0.448 e. The monoisotopic (exact) mass is 315 g/mol. The van der Waals surface area contributed by atoms with Gasteiger partial charge in [-0.05, 0) is 0 Å². The SMILES string of the molecule is NOC(=O)O.[Pu]. The predicted molar refractivity (Wildman–Crippen MR) is 13.3 cm³/mol. The van der Waals surface area contributed by atoms with E-state index < -0.39 is 6.16 Å². The summed E-state index contributed by atoms with van der Waals surface area (Å²) in [6.45, 7) is 0. The van der Waals surface area contributed by atoms with Gasteiger partial charge in [-0.15, -0.1) is 0 Å². The van der Waals surface area contributed by atoms with Gasteiger partial charge in [-0.25, -0.2) is 4.79 Å². The van der Waals surface area contributed by atoms with Crippen LogP contribution in [0.25, 0.3) is 0 Å². The third-order valence-corrected chi connectivity index (χ3v) is 0.101. The first-order valence-electron chi connectivity index (χ1n) is 0.868. The first kappa shape index (κ1) is 9.52. The van der Waals surface area contributed by atoms with E-state index in [2.05, 4.69) is 10.7 Å². The van der Waals surface area contributed by atoms with Gasteiger partial charge in [-0.2, -0.15) is 5.90 Å². The molecule has 0 aliphatic rings. The molecule has 0 aromatic carbocycles. The van der Waals surface area contributed by atoms with E-state index in [1.807, 2.05) is 0 Å². The standard InChI is InChI=1S/CH3NO3.Pu/c2-5-1(3)4;/h2H2,(H,3,4);. The fourth-order valence-corrected chi connectivity index (χ4v) is 0. The summed E-state index contributed by atoms with van der Waals surface area (Å²) in [6, 6.07) is 0. The molecule has 5 heteroatoms. The van der Waals surface area contributed by atoms with E-state index in [4.69, 9.17) is 9.90 Å². The maximum Gasteiger partial charge on any atom is 0.524 e. The van der Waals surface area contributed by atoms with Crippen molar-refractivity contribution in [3.63, 3.8) is 0 Å². The quantitative estimate of drug-likeness (QED) is 0.593. The molecule has 36 valence electrons. The maximum atomic E-state index is 9.02. The Morgan fingerprint density at radius 1 is 1.83 bits per heavy atom. The summed E-state index contributed by atoms with van der Waals surface area (Å²) in [4.78, 5) is 12.2. The summed E-state index contributed by atoms with van der Waals surface area (Å²) in [5.74, 6) is 4.07. The summed E-state index contributed by atoms with van der Waals surface area (Å²) in [5.41, 5.74) is 0. The van der Waals surface area contributed by atoms with Gasteiger partial charge >= 0.3 is 6.16 Å². The second-order valence-electron chi connectivity index (χ2n) is 0.384. The van der Waals surface area contributed by atoms with Crippen molar-refractivity contribution in [2.75, 3.05) is 0 Å². The first-order chi connectivity index (χ1) is 2.27. The molecule has 0 saturated carbocycles. The second kappa shape index (κ2) is 5.22. The van der Waals surface area contributed by atoms with Crippen LogP contribution in [0.4, 0.5) is 4.79 Å². The minimum atomic E-state index is -1.47. The Morgan fingerprint density at radius 2 is 2.00 bits per heavy atom. The van der Waals surface area contributed by atoms with Crippen LogP contribution in [-0.4, -0.2) is 11.3 Å². The molecular formula is CH3NO3Pu. The summed E-state index contributed by atoms with van der Waals surface area (Å²) in [6.07, 6.45) is -1.47. The summed E-state index contributed by atoms with van der Waals surface area (Å²) in [7, 11) is 0. The molecule has 0 spiro atoms. The van der Waals surface area contributed by atoms with Gasteiger partial charge in [0.25, 0.3) is 0 Å². The molecule has 0 heterocycles. The number of carbonyl (C=O) groups is 1. The van der Waals surface area contributed by atoms with Crippen molar-refractivity contribution in [2.45, 2.75) is 0 Å². The molecule has 0 aliphatic carbocycles. The molecule has 0 unspecified atom stereocenters. The summed E-state index contributed by atoms with van der Waals surface area (Å²) in [5, 5.41) is 7.38. The predicted octanol–water partition coefficient (Wildman–Crippen LogP) is -0.445. The molecule has 0 fully saturated rings. The Bertz CT molecular complexity index is 46.1. The zero-order valence-corrected chi connectivity index (χ0v) is 6.15. The van der Waals surface area contributed by atoms with Gasteiger partial charge in [-0.3, -0.25) is 0 Å². The largest absolute Gasteiger partial charge is 0.524 e. The Kier molecular flexibility index (Phi) is 8.27. The zero-order chi connectivity index (χ0) is 4.28. The molecule has 0 rings (SSSR count). The fourth-order valence-electron chi connectivity index (χ4n) is 0. The van der Waals surface area contributed by atoms with Crippen LogP contribution in [0.15, 0.2) is 0 Å². The van der Waals surface area contributed by atoms with E-state index in [0.29, 0.717) is 0 Å². The van der Waals surface area contributed by atoms with Crippen LogP contribution in [0.1, 0.15) is 0 Å². The number of rotatable bonds is 0. The van der Waals surface area contributed by atoms with E-state index in [9.17, 15) is 0 Å².